The Hall–Kier alpha value is -9.13. The van der Waals surface area contributed by atoms with Gasteiger partial charge < -0.3 is 4.98 Å². The summed E-state index contributed by atoms with van der Waals surface area (Å²) in [6.07, 6.45) is 0. The maximum absolute atomic E-state index is 17.2. The van der Waals surface area contributed by atoms with Crippen molar-refractivity contribution in [2.75, 3.05) is 0 Å². The number of halogens is 16. The molecule has 3 aliphatic rings. The molecule has 0 saturated carbocycles. The first-order valence-electron chi connectivity index (χ1n) is 23.4. The Bertz CT molecular complexity index is 4180. The van der Waals surface area contributed by atoms with Crippen LogP contribution in [0.5, 0.6) is 0 Å². The number of aromatic nitrogens is 5. The molecule has 0 saturated heterocycles. The minimum atomic E-state index is -2.52. The van der Waals surface area contributed by atoms with Crippen LogP contribution in [0.25, 0.3) is 128 Å². The standard InChI is InChI=1S/C59H20F16N5.Pd/c60-36-28-30(38(62)46(70)44(36)68)54-26(22-15-7-2-8-16-22)56-32-34(42(66)50(74)48(72)40(32)64)58(78-56)80(24-19-11-4-12-20-24)59-35-33(41(65)49(73)51(75)43(35)67)57(79-59)27(23-17-9-3-10-18-23)55-31-29(37(61)45(69)47(71)39(31)63)53(77-55)25(52(28)76-54)21-13-5-1-6-14-21;/h1-20H;/q-1;+2. The first-order chi connectivity index (χ1) is 38.4. The zero-order valence-electron chi connectivity index (χ0n) is 39.6. The molecule has 402 valence electrons. The Kier molecular flexibility index (Phi) is 12.3. The van der Waals surface area contributed by atoms with Gasteiger partial charge in [-0.15, -0.1) is 11.0 Å². The van der Waals surface area contributed by atoms with E-state index in [0.29, 0.717) is 4.57 Å². The van der Waals surface area contributed by atoms with Gasteiger partial charge in [0.25, 0.3) is 0 Å². The van der Waals surface area contributed by atoms with Crippen molar-refractivity contribution in [1.82, 2.24) is 19.9 Å². The molecule has 8 bridgehead atoms. The predicted molar refractivity (Wildman–Crippen MR) is 260 cm³/mol. The van der Waals surface area contributed by atoms with Gasteiger partial charge in [0.2, 0.25) is 0 Å². The summed E-state index contributed by atoms with van der Waals surface area (Å²) in [4.78, 5) is 18.0. The van der Waals surface area contributed by atoms with Crippen molar-refractivity contribution in [3.63, 3.8) is 0 Å². The molecule has 8 aromatic carbocycles. The normalized spacial score (nSPS) is 11.9. The van der Waals surface area contributed by atoms with Gasteiger partial charge in [0, 0.05) is 22.0 Å². The molecule has 81 heavy (non-hydrogen) atoms. The maximum Gasteiger partial charge on any atom is 2.00 e. The molecule has 0 N–H and O–H groups in total. The molecule has 0 unspecified atom stereocenters. The molecule has 0 atom stereocenters. The van der Waals surface area contributed by atoms with Crippen LogP contribution in [0.1, 0.15) is 0 Å². The molecule has 5 heterocycles. The maximum atomic E-state index is 17.2. The molecule has 0 aliphatic carbocycles. The van der Waals surface area contributed by atoms with Gasteiger partial charge in [0.1, 0.15) is 0 Å². The number of para-hydroxylation sites is 1. The van der Waals surface area contributed by atoms with Crippen molar-refractivity contribution in [1.29, 1.82) is 0 Å². The Morgan fingerprint density at radius 3 is 0.938 bits per heavy atom. The number of hydrogen-bond acceptors (Lipinski definition) is 2. The summed E-state index contributed by atoms with van der Waals surface area (Å²) in [5, 5.41) is -5.51. The van der Waals surface area contributed by atoms with E-state index in [1.165, 1.54) is 72.8 Å². The van der Waals surface area contributed by atoms with Crippen LogP contribution in [-0.4, -0.2) is 9.97 Å². The van der Waals surface area contributed by atoms with E-state index >= 15 is 70.2 Å². The first-order valence-corrected chi connectivity index (χ1v) is 23.4. The fourth-order valence-corrected chi connectivity index (χ4v) is 10.5. The molecule has 0 spiro atoms. The topological polar surface area (TPSA) is 57.9 Å². The third-order valence-corrected chi connectivity index (χ3v) is 13.9. The SMILES string of the molecule is Fc1c(F)c(F)c2c(c1F)-c1nc-2c(-c2ccccc2)c2[n-]c(c3c(F)c(F)c(F)c(F)c23)[n+](-c2ccccc2)c2nc(c(-c3ccccc3)c3[n-]c(c1-c1ccccc1)c1c(F)c(F)c(F)c(F)c31)-c1c(F)c(F)c(F)c(F)c1-2.[Pd+2]. The molecule has 2 aromatic heterocycles. The minimum Gasteiger partial charge on any atom is -0.656 e. The quantitative estimate of drug-likeness (QED) is 0.0579. The van der Waals surface area contributed by atoms with Crippen LogP contribution >= 0.6 is 0 Å². The number of nitrogens with zero attached hydrogens (tertiary/aromatic N) is 5. The van der Waals surface area contributed by atoms with Crippen molar-refractivity contribution in [3.05, 3.63) is 214 Å². The predicted octanol–water partition coefficient (Wildman–Crippen LogP) is 16.0. The Labute approximate surface area is 455 Å². The Morgan fingerprint density at radius 2 is 0.556 bits per heavy atom. The third kappa shape index (κ3) is 7.28. The second-order valence-electron chi connectivity index (χ2n) is 18.1. The summed E-state index contributed by atoms with van der Waals surface area (Å²) < 4.78 is 267. The number of benzene rings is 8. The molecule has 0 fully saturated rings. The van der Waals surface area contributed by atoms with Crippen LogP contribution in [0.3, 0.4) is 0 Å². The van der Waals surface area contributed by atoms with E-state index in [1.807, 2.05) is 0 Å². The van der Waals surface area contributed by atoms with Crippen LogP contribution in [0.2, 0.25) is 0 Å². The molecular weight excluding hydrogens is 1190 g/mol. The van der Waals surface area contributed by atoms with Gasteiger partial charge in [-0.1, -0.05) is 109 Å². The van der Waals surface area contributed by atoms with Gasteiger partial charge in [-0.25, -0.2) is 85.2 Å². The zero-order chi connectivity index (χ0) is 56.1. The summed E-state index contributed by atoms with van der Waals surface area (Å²) in [7, 11) is 0. The average Bonchev–Trinajstić information content (AvgIpc) is 4.09. The average molecular weight is 1210 g/mol. The van der Waals surface area contributed by atoms with Crippen molar-refractivity contribution in [2.45, 2.75) is 0 Å². The minimum absolute atomic E-state index is 0. The van der Waals surface area contributed by atoms with E-state index in [9.17, 15) is 0 Å². The van der Waals surface area contributed by atoms with Crippen molar-refractivity contribution < 1.29 is 95.2 Å². The molecule has 5 nitrogen and oxygen atoms in total. The fraction of sp³-hybridized carbons (Fsp3) is 0. The largest absolute Gasteiger partial charge is 2.00 e. The summed E-state index contributed by atoms with van der Waals surface area (Å²) in [5.74, 6) is -39.4. The fourth-order valence-electron chi connectivity index (χ4n) is 10.5. The second-order valence-corrected chi connectivity index (χ2v) is 18.1. The molecule has 13 rings (SSSR count). The van der Waals surface area contributed by atoms with E-state index in [1.54, 1.807) is 0 Å². The van der Waals surface area contributed by atoms with Crippen LogP contribution < -0.4 is 14.5 Å². The van der Waals surface area contributed by atoms with Gasteiger partial charge in [-0.2, -0.15) is 0 Å². The third-order valence-electron chi connectivity index (χ3n) is 13.9. The van der Waals surface area contributed by atoms with Gasteiger partial charge in [-0.05, 0) is 39.9 Å². The van der Waals surface area contributed by atoms with Gasteiger partial charge in [0.05, 0.1) is 55.6 Å². The van der Waals surface area contributed by atoms with Crippen LogP contribution in [0.4, 0.5) is 70.2 Å². The van der Waals surface area contributed by atoms with Crippen LogP contribution in [0, 0.1) is 93.1 Å². The van der Waals surface area contributed by atoms with Crippen LogP contribution in [0.15, 0.2) is 121 Å². The smallest absolute Gasteiger partial charge is 0.656 e. The van der Waals surface area contributed by atoms with E-state index in [0.717, 1.165) is 48.5 Å². The molecule has 3 aliphatic heterocycles. The van der Waals surface area contributed by atoms with E-state index in [2.05, 4.69) is 19.9 Å². The van der Waals surface area contributed by atoms with Crippen molar-refractivity contribution >= 4 is 43.7 Å². The molecule has 0 radical (unpaired) electrons. The van der Waals surface area contributed by atoms with Crippen molar-refractivity contribution in [3.8, 4) is 84.2 Å². The van der Waals surface area contributed by atoms with Gasteiger partial charge in [0.15, 0.2) is 105 Å². The zero-order valence-corrected chi connectivity index (χ0v) is 41.2. The molecule has 22 heteroatoms. The molecule has 0 amide bonds. The summed E-state index contributed by atoms with van der Waals surface area (Å²) in [5.41, 5.74) is -17.5. The van der Waals surface area contributed by atoms with Gasteiger partial charge in [-0.3, -0.25) is 4.57 Å². The Morgan fingerprint density at radius 1 is 0.272 bits per heavy atom. The summed E-state index contributed by atoms with van der Waals surface area (Å²) in [6, 6.07) is 24.8. The summed E-state index contributed by atoms with van der Waals surface area (Å²) >= 11 is 0. The molecule has 10 aromatic rings. The van der Waals surface area contributed by atoms with E-state index in [-0.39, 0.29) is 37.1 Å². The number of hydrogen-bond donors (Lipinski definition) is 0. The Balaban J connectivity index is 0.00000651. The first kappa shape index (κ1) is 52.6. The van der Waals surface area contributed by atoms with E-state index < -0.39 is 204 Å². The number of rotatable bonds is 4. The van der Waals surface area contributed by atoms with Crippen LogP contribution in [-0.2, 0) is 20.4 Å². The summed E-state index contributed by atoms with van der Waals surface area (Å²) in [6.45, 7) is 0. The van der Waals surface area contributed by atoms with Gasteiger partial charge >= 0.3 is 20.4 Å². The second kappa shape index (κ2) is 19.0. The molecular formula is C59H20F16N5Pd+. The van der Waals surface area contributed by atoms with E-state index in [4.69, 9.17) is 0 Å². The monoisotopic (exact) mass is 1210 g/mol. The van der Waals surface area contributed by atoms with Crippen molar-refractivity contribution in [2.24, 2.45) is 0 Å².